The Kier molecular flexibility index (Phi) is 4.88. The molecule has 0 saturated carbocycles. The first kappa shape index (κ1) is 19.2. The molecule has 27 heavy (non-hydrogen) atoms. The quantitative estimate of drug-likeness (QED) is 0.879. The van der Waals surface area contributed by atoms with E-state index in [1.54, 1.807) is 13.8 Å². The molecule has 0 bridgehead atoms. The highest BCUT2D eigenvalue weighted by molar-refractivity contribution is 5.97. The number of carbonyl (C=O) groups excluding carboxylic acids is 1. The number of halogens is 3. The van der Waals surface area contributed by atoms with Crippen LogP contribution in [0.5, 0.6) is 0 Å². The molecule has 1 saturated heterocycles. The van der Waals surface area contributed by atoms with Crippen LogP contribution in [0.4, 0.5) is 13.2 Å². The van der Waals surface area contributed by atoms with Gasteiger partial charge in [-0.3, -0.25) is 9.59 Å². The fourth-order valence-electron chi connectivity index (χ4n) is 3.50. The summed E-state index contributed by atoms with van der Waals surface area (Å²) in [5.41, 5.74) is 0.597. The number of piperidine rings is 1. The lowest BCUT2D eigenvalue weighted by molar-refractivity contribution is -0.147. The number of carboxylic acids is 1. The van der Waals surface area contributed by atoms with Gasteiger partial charge >= 0.3 is 12.1 Å². The number of imidazole rings is 1. The molecule has 6 nitrogen and oxygen atoms in total. The highest BCUT2D eigenvalue weighted by Gasteiger charge is 2.38. The number of hydrogen-bond donors (Lipinski definition) is 1. The fraction of sp³-hybridized carbons (Fsp3) is 0.500. The van der Waals surface area contributed by atoms with Crippen molar-refractivity contribution in [3.8, 4) is 0 Å². The smallest absolute Gasteiger partial charge is 0.449 e. The van der Waals surface area contributed by atoms with E-state index in [2.05, 4.69) is 4.98 Å². The largest absolute Gasteiger partial charge is 0.481 e. The van der Waals surface area contributed by atoms with Crippen molar-refractivity contribution in [1.82, 2.24) is 14.5 Å². The Balaban J connectivity index is 1.97. The molecule has 2 aromatic rings. The number of rotatable bonds is 3. The second-order valence-electron chi connectivity index (χ2n) is 7.03. The van der Waals surface area contributed by atoms with E-state index in [-0.39, 0.29) is 17.6 Å². The minimum atomic E-state index is -4.60. The van der Waals surface area contributed by atoms with Crippen LogP contribution in [-0.4, -0.2) is 44.5 Å². The van der Waals surface area contributed by atoms with E-state index < -0.39 is 35.8 Å². The molecule has 1 aromatic heterocycles. The Labute approximate surface area is 153 Å². The third kappa shape index (κ3) is 3.63. The lowest BCUT2D eigenvalue weighted by Gasteiger charge is -2.30. The molecule has 1 N–H and O–H groups in total. The van der Waals surface area contributed by atoms with Gasteiger partial charge in [0, 0.05) is 24.7 Å². The third-order valence-electron chi connectivity index (χ3n) is 4.76. The van der Waals surface area contributed by atoms with E-state index in [1.807, 2.05) is 0 Å². The number of fused-ring (bicyclic) bond motifs is 1. The number of carboxylic acid groups (broad SMARTS) is 1. The van der Waals surface area contributed by atoms with Crippen molar-refractivity contribution in [2.24, 2.45) is 5.92 Å². The van der Waals surface area contributed by atoms with Crippen molar-refractivity contribution >= 4 is 22.9 Å². The predicted molar refractivity (Wildman–Crippen MR) is 91.4 cm³/mol. The molecule has 2 heterocycles. The van der Waals surface area contributed by atoms with E-state index in [0.717, 1.165) is 4.57 Å². The second kappa shape index (κ2) is 6.86. The standard InChI is InChI=1S/C18H20F3N3O3/c1-10(2)24-14-6-5-11(8-13(14)22-17(24)18(19,20)21)15(25)23-7-3-4-12(9-23)16(26)27/h5-6,8,10,12H,3-4,7,9H2,1-2H3,(H,26,27). The Morgan fingerprint density at radius 2 is 2.00 bits per heavy atom. The number of likely N-dealkylation sites (tertiary alicyclic amines) is 1. The fourth-order valence-corrected chi connectivity index (χ4v) is 3.50. The number of nitrogens with zero attached hydrogens (tertiary/aromatic N) is 3. The van der Waals surface area contributed by atoms with Gasteiger partial charge in [0.15, 0.2) is 0 Å². The molecular formula is C18H20F3N3O3. The van der Waals surface area contributed by atoms with Gasteiger partial charge in [0.2, 0.25) is 5.82 Å². The monoisotopic (exact) mass is 383 g/mol. The lowest BCUT2D eigenvalue weighted by atomic mass is 9.97. The maximum atomic E-state index is 13.3. The average molecular weight is 383 g/mol. The van der Waals surface area contributed by atoms with Crippen molar-refractivity contribution < 1.29 is 27.9 Å². The number of benzene rings is 1. The van der Waals surface area contributed by atoms with Crippen LogP contribution in [0.3, 0.4) is 0 Å². The van der Waals surface area contributed by atoms with Gasteiger partial charge in [-0.05, 0) is 44.9 Å². The summed E-state index contributed by atoms with van der Waals surface area (Å²) in [7, 11) is 0. The predicted octanol–water partition coefficient (Wildman–Crippen LogP) is 3.57. The molecule has 0 aliphatic carbocycles. The second-order valence-corrected chi connectivity index (χ2v) is 7.03. The molecule has 0 spiro atoms. The summed E-state index contributed by atoms with van der Waals surface area (Å²) in [6, 6.07) is 3.82. The first-order valence-corrected chi connectivity index (χ1v) is 8.71. The van der Waals surface area contributed by atoms with Crippen LogP contribution in [0.2, 0.25) is 0 Å². The van der Waals surface area contributed by atoms with Crippen LogP contribution in [-0.2, 0) is 11.0 Å². The average Bonchev–Trinajstić information content (AvgIpc) is 3.00. The minimum absolute atomic E-state index is 0.0914. The van der Waals surface area contributed by atoms with Crippen molar-refractivity contribution in [2.45, 2.75) is 38.9 Å². The lowest BCUT2D eigenvalue weighted by Crippen LogP contribution is -2.42. The van der Waals surface area contributed by atoms with Crippen LogP contribution in [0.25, 0.3) is 11.0 Å². The normalized spacial score (nSPS) is 18.3. The highest BCUT2D eigenvalue weighted by atomic mass is 19.4. The molecule has 0 radical (unpaired) electrons. The maximum absolute atomic E-state index is 13.3. The van der Waals surface area contributed by atoms with Crippen molar-refractivity contribution in [2.75, 3.05) is 13.1 Å². The van der Waals surface area contributed by atoms with Crippen molar-refractivity contribution in [3.05, 3.63) is 29.6 Å². The molecule has 3 rings (SSSR count). The van der Waals surface area contributed by atoms with E-state index in [4.69, 9.17) is 5.11 Å². The molecule has 1 fully saturated rings. The number of alkyl halides is 3. The van der Waals surface area contributed by atoms with Crippen LogP contribution < -0.4 is 0 Å². The number of hydrogen-bond acceptors (Lipinski definition) is 3. The number of aromatic nitrogens is 2. The number of amides is 1. The van der Waals surface area contributed by atoms with Gasteiger partial charge in [0.1, 0.15) is 0 Å². The first-order valence-electron chi connectivity index (χ1n) is 8.71. The number of aliphatic carboxylic acids is 1. The third-order valence-corrected chi connectivity index (χ3v) is 4.76. The van der Waals surface area contributed by atoms with E-state index in [1.165, 1.54) is 23.1 Å². The maximum Gasteiger partial charge on any atom is 0.449 e. The van der Waals surface area contributed by atoms with Gasteiger partial charge < -0.3 is 14.6 Å². The highest BCUT2D eigenvalue weighted by Crippen LogP contribution is 2.34. The molecule has 1 aliphatic rings. The van der Waals surface area contributed by atoms with Crippen LogP contribution in [0, 0.1) is 5.92 Å². The van der Waals surface area contributed by atoms with Crippen LogP contribution >= 0.6 is 0 Å². The minimum Gasteiger partial charge on any atom is -0.481 e. The summed E-state index contributed by atoms with van der Waals surface area (Å²) in [6.07, 6.45) is -3.52. The summed E-state index contributed by atoms with van der Waals surface area (Å²) in [5, 5.41) is 9.15. The summed E-state index contributed by atoms with van der Waals surface area (Å²) in [5.74, 6) is -2.96. The van der Waals surface area contributed by atoms with Crippen LogP contribution in [0.1, 0.15) is 48.9 Å². The molecule has 146 valence electrons. The Bertz CT molecular complexity index is 889. The molecule has 1 amide bonds. The van der Waals surface area contributed by atoms with Gasteiger partial charge in [-0.25, -0.2) is 4.98 Å². The van der Waals surface area contributed by atoms with E-state index >= 15 is 0 Å². The zero-order chi connectivity index (χ0) is 19.9. The Hall–Kier alpha value is -2.58. The molecular weight excluding hydrogens is 363 g/mol. The van der Waals surface area contributed by atoms with Gasteiger partial charge in [-0.2, -0.15) is 13.2 Å². The van der Waals surface area contributed by atoms with Gasteiger partial charge in [0.05, 0.1) is 17.0 Å². The molecule has 1 atom stereocenters. The topological polar surface area (TPSA) is 75.4 Å². The first-order chi connectivity index (χ1) is 12.6. The summed E-state index contributed by atoms with van der Waals surface area (Å²) >= 11 is 0. The van der Waals surface area contributed by atoms with Gasteiger partial charge in [-0.15, -0.1) is 0 Å². The summed E-state index contributed by atoms with van der Waals surface area (Å²) < 4.78 is 41.0. The van der Waals surface area contributed by atoms with Gasteiger partial charge in [0.25, 0.3) is 5.91 Å². The van der Waals surface area contributed by atoms with Crippen molar-refractivity contribution in [1.29, 1.82) is 0 Å². The molecule has 1 aliphatic heterocycles. The Morgan fingerprint density at radius 1 is 1.30 bits per heavy atom. The molecule has 1 aromatic carbocycles. The number of carbonyl (C=O) groups is 2. The van der Waals surface area contributed by atoms with Gasteiger partial charge in [-0.1, -0.05) is 0 Å². The Morgan fingerprint density at radius 3 is 2.59 bits per heavy atom. The zero-order valence-electron chi connectivity index (χ0n) is 15.0. The molecule has 1 unspecified atom stereocenters. The van der Waals surface area contributed by atoms with E-state index in [0.29, 0.717) is 24.9 Å². The SMILES string of the molecule is CC(C)n1c(C(F)(F)F)nc2cc(C(=O)N3CCCC(C(=O)O)C3)ccc21. The van der Waals surface area contributed by atoms with E-state index in [9.17, 15) is 22.8 Å². The zero-order valence-corrected chi connectivity index (χ0v) is 15.0. The summed E-state index contributed by atoms with van der Waals surface area (Å²) in [4.78, 5) is 29.0. The summed E-state index contributed by atoms with van der Waals surface area (Å²) in [6.45, 7) is 3.79. The van der Waals surface area contributed by atoms with Crippen molar-refractivity contribution in [3.63, 3.8) is 0 Å². The van der Waals surface area contributed by atoms with Crippen LogP contribution in [0.15, 0.2) is 18.2 Å². The molecule has 9 heteroatoms.